The van der Waals surface area contributed by atoms with Crippen LogP contribution in [0.4, 0.5) is 0 Å². The number of ether oxygens (including phenoxy) is 1. The summed E-state index contributed by atoms with van der Waals surface area (Å²) in [5, 5.41) is 8.54. The van der Waals surface area contributed by atoms with Crippen molar-refractivity contribution in [2.24, 2.45) is 5.73 Å². The average Bonchev–Trinajstić information content (AvgIpc) is 2.11. The first kappa shape index (κ1) is 11.4. The van der Waals surface area contributed by atoms with E-state index >= 15 is 0 Å². The molecular weight excluding hydrogens is 160 g/mol. The normalized spacial score (nSPS) is 12.6. The number of nitrogens with one attached hydrogen (secondary N) is 1. The van der Waals surface area contributed by atoms with E-state index in [2.05, 4.69) is 4.74 Å². The molecule has 0 saturated heterocycles. The molecule has 0 saturated carbocycles. The summed E-state index contributed by atoms with van der Waals surface area (Å²) >= 11 is 0. The summed E-state index contributed by atoms with van der Waals surface area (Å²) in [6.07, 6.45) is 2.18. The van der Waals surface area contributed by atoms with Gasteiger partial charge in [0.05, 0.1) is 7.11 Å². The summed E-state index contributed by atoms with van der Waals surface area (Å²) in [6.45, 7) is 0.597. The highest BCUT2D eigenvalue weighted by Gasteiger charge is 2.16. The summed E-state index contributed by atoms with van der Waals surface area (Å²) in [5.41, 5.74) is 7.16. The lowest BCUT2D eigenvalue weighted by Crippen LogP contribution is -2.35. The summed E-state index contributed by atoms with van der Waals surface area (Å²) in [5.74, 6) is -0.450. The van der Waals surface area contributed by atoms with Crippen molar-refractivity contribution in [1.29, 1.82) is 0 Å². The maximum absolute atomic E-state index is 10.9. The Labute approximate surface area is 71.8 Å². The molecule has 72 valence electrons. The third kappa shape index (κ3) is 4.27. The second-order valence-corrected chi connectivity index (χ2v) is 2.49. The van der Waals surface area contributed by atoms with Crippen molar-refractivity contribution >= 4 is 5.97 Å². The molecule has 0 heterocycles. The van der Waals surface area contributed by atoms with Gasteiger partial charge >= 0.3 is 5.97 Å². The summed E-state index contributed by atoms with van der Waals surface area (Å²) in [7, 11) is 1.29. The molecule has 0 fully saturated rings. The molecule has 4 N–H and O–H groups in total. The van der Waals surface area contributed by atoms with E-state index in [1.165, 1.54) is 7.11 Å². The molecule has 0 aliphatic heterocycles. The van der Waals surface area contributed by atoms with E-state index in [0.717, 1.165) is 12.8 Å². The SMILES string of the molecule is COC(=O)[C@H](CCCCN)NO. The van der Waals surface area contributed by atoms with Crippen LogP contribution in [0.3, 0.4) is 0 Å². The molecule has 0 aliphatic rings. The van der Waals surface area contributed by atoms with E-state index in [1.807, 2.05) is 5.48 Å². The maximum Gasteiger partial charge on any atom is 0.325 e. The number of hydrogen-bond acceptors (Lipinski definition) is 5. The third-order valence-electron chi connectivity index (χ3n) is 1.59. The molecule has 0 aromatic heterocycles. The van der Waals surface area contributed by atoms with Gasteiger partial charge in [0.1, 0.15) is 6.04 Å². The van der Waals surface area contributed by atoms with E-state index in [0.29, 0.717) is 13.0 Å². The van der Waals surface area contributed by atoms with Crippen LogP contribution in [0, 0.1) is 0 Å². The fourth-order valence-electron chi connectivity index (χ4n) is 0.870. The highest BCUT2D eigenvalue weighted by Crippen LogP contribution is 2.00. The minimum atomic E-state index is -0.624. The summed E-state index contributed by atoms with van der Waals surface area (Å²) < 4.78 is 4.44. The minimum absolute atomic E-state index is 0.450. The van der Waals surface area contributed by atoms with E-state index in [-0.39, 0.29) is 0 Å². The van der Waals surface area contributed by atoms with Crippen LogP contribution in [0.1, 0.15) is 19.3 Å². The smallest absolute Gasteiger partial charge is 0.325 e. The van der Waals surface area contributed by atoms with Gasteiger partial charge in [-0.05, 0) is 25.8 Å². The fraction of sp³-hybridized carbons (Fsp3) is 0.857. The molecular formula is C7H16N2O3. The molecule has 1 atom stereocenters. The molecule has 0 spiro atoms. The number of unbranched alkanes of at least 4 members (excludes halogenated alkanes) is 1. The van der Waals surface area contributed by atoms with Crippen molar-refractivity contribution in [2.45, 2.75) is 25.3 Å². The van der Waals surface area contributed by atoms with Crippen LogP contribution in [-0.2, 0) is 9.53 Å². The number of methoxy groups -OCH3 is 1. The molecule has 0 amide bonds. The lowest BCUT2D eigenvalue weighted by Gasteiger charge is -2.11. The molecule has 0 aliphatic carbocycles. The van der Waals surface area contributed by atoms with E-state index in [4.69, 9.17) is 10.9 Å². The second-order valence-electron chi connectivity index (χ2n) is 2.49. The average molecular weight is 176 g/mol. The predicted molar refractivity (Wildman–Crippen MR) is 43.6 cm³/mol. The van der Waals surface area contributed by atoms with Crippen LogP contribution < -0.4 is 11.2 Å². The first-order valence-electron chi connectivity index (χ1n) is 3.93. The Balaban J connectivity index is 3.60. The molecule has 0 bridgehead atoms. The lowest BCUT2D eigenvalue weighted by atomic mass is 10.1. The Hall–Kier alpha value is -0.650. The Bertz CT molecular complexity index is 130. The van der Waals surface area contributed by atoms with Crippen LogP contribution in [-0.4, -0.2) is 30.9 Å². The number of nitrogens with two attached hydrogens (primary N) is 1. The first-order valence-corrected chi connectivity index (χ1v) is 3.93. The van der Waals surface area contributed by atoms with Gasteiger partial charge in [0.25, 0.3) is 0 Å². The highest BCUT2D eigenvalue weighted by atomic mass is 16.5. The maximum atomic E-state index is 10.9. The zero-order valence-electron chi connectivity index (χ0n) is 7.25. The molecule has 5 heteroatoms. The van der Waals surface area contributed by atoms with Gasteiger partial charge in [0.2, 0.25) is 0 Å². The zero-order chi connectivity index (χ0) is 9.40. The predicted octanol–water partition coefficient (Wildman–Crippen LogP) is -0.364. The second kappa shape index (κ2) is 7.02. The molecule has 12 heavy (non-hydrogen) atoms. The van der Waals surface area contributed by atoms with E-state index in [9.17, 15) is 4.79 Å². The van der Waals surface area contributed by atoms with Crippen molar-refractivity contribution in [1.82, 2.24) is 5.48 Å². The van der Waals surface area contributed by atoms with E-state index < -0.39 is 12.0 Å². The lowest BCUT2D eigenvalue weighted by molar-refractivity contribution is -0.146. The van der Waals surface area contributed by atoms with Crippen molar-refractivity contribution in [2.75, 3.05) is 13.7 Å². The Morgan fingerprint density at radius 3 is 2.75 bits per heavy atom. The van der Waals surface area contributed by atoms with Gasteiger partial charge in [-0.15, -0.1) is 0 Å². The molecule has 5 nitrogen and oxygen atoms in total. The van der Waals surface area contributed by atoms with Gasteiger partial charge in [-0.25, -0.2) is 0 Å². The Kier molecular flexibility index (Phi) is 6.64. The molecule has 0 aromatic carbocycles. The third-order valence-corrected chi connectivity index (χ3v) is 1.59. The first-order chi connectivity index (χ1) is 5.76. The van der Waals surface area contributed by atoms with Crippen molar-refractivity contribution in [3.8, 4) is 0 Å². The van der Waals surface area contributed by atoms with Crippen LogP contribution in [0.15, 0.2) is 0 Å². The van der Waals surface area contributed by atoms with Crippen LogP contribution in [0.5, 0.6) is 0 Å². The van der Waals surface area contributed by atoms with Crippen LogP contribution >= 0.6 is 0 Å². The molecule has 0 rings (SSSR count). The largest absolute Gasteiger partial charge is 0.468 e. The highest BCUT2D eigenvalue weighted by molar-refractivity contribution is 5.75. The number of carbonyl (C=O) groups is 1. The summed E-state index contributed by atoms with van der Waals surface area (Å²) in [4.78, 5) is 10.9. The van der Waals surface area contributed by atoms with Crippen molar-refractivity contribution in [3.05, 3.63) is 0 Å². The minimum Gasteiger partial charge on any atom is -0.468 e. The van der Waals surface area contributed by atoms with Gasteiger partial charge in [-0.3, -0.25) is 4.79 Å². The van der Waals surface area contributed by atoms with Gasteiger partial charge in [-0.2, -0.15) is 5.48 Å². The van der Waals surface area contributed by atoms with Gasteiger partial charge in [-0.1, -0.05) is 0 Å². The monoisotopic (exact) mass is 176 g/mol. The molecule has 0 unspecified atom stereocenters. The molecule has 0 radical (unpaired) electrons. The van der Waals surface area contributed by atoms with Crippen molar-refractivity contribution in [3.63, 3.8) is 0 Å². The zero-order valence-corrected chi connectivity index (χ0v) is 7.25. The quantitative estimate of drug-likeness (QED) is 0.292. The fourth-order valence-corrected chi connectivity index (χ4v) is 0.870. The summed E-state index contributed by atoms with van der Waals surface area (Å²) in [6, 6.07) is -0.624. The number of hydrogen-bond donors (Lipinski definition) is 3. The number of rotatable bonds is 6. The van der Waals surface area contributed by atoms with Gasteiger partial charge in [0.15, 0.2) is 0 Å². The van der Waals surface area contributed by atoms with Crippen LogP contribution in [0.2, 0.25) is 0 Å². The Morgan fingerprint density at radius 2 is 2.33 bits per heavy atom. The Morgan fingerprint density at radius 1 is 1.67 bits per heavy atom. The number of carbonyl (C=O) groups excluding carboxylic acids is 1. The van der Waals surface area contributed by atoms with Crippen molar-refractivity contribution < 1.29 is 14.7 Å². The number of hydroxylamine groups is 1. The van der Waals surface area contributed by atoms with Gasteiger partial charge < -0.3 is 15.7 Å². The molecule has 0 aromatic rings. The van der Waals surface area contributed by atoms with Crippen LogP contribution in [0.25, 0.3) is 0 Å². The topological polar surface area (TPSA) is 84.6 Å². The van der Waals surface area contributed by atoms with Gasteiger partial charge in [0, 0.05) is 0 Å². The number of esters is 1. The standard InChI is InChI=1S/C7H16N2O3/c1-12-7(10)6(9-11)4-2-3-5-8/h6,9,11H,2-5,8H2,1H3/t6-/m0/s1. The van der Waals surface area contributed by atoms with E-state index in [1.54, 1.807) is 0 Å².